The van der Waals surface area contributed by atoms with E-state index in [1.54, 1.807) is 24.3 Å². The molecule has 0 saturated carbocycles. The van der Waals surface area contributed by atoms with Gasteiger partial charge >= 0.3 is 5.97 Å². The fourth-order valence-electron chi connectivity index (χ4n) is 1.99. The molecular weight excluding hydrogens is 316 g/mol. The predicted octanol–water partition coefficient (Wildman–Crippen LogP) is 4.54. The van der Waals surface area contributed by atoms with Gasteiger partial charge in [0.15, 0.2) is 5.54 Å². The first-order chi connectivity index (χ1) is 9.83. The summed E-state index contributed by atoms with van der Waals surface area (Å²) in [6.07, 6.45) is 0. The van der Waals surface area contributed by atoms with Crippen LogP contribution in [0, 0.1) is 5.82 Å². The molecule has 2 rings (SSSR count). The third kappa shape index (κ3) is 3.28. The molecular formula is C15H12Cl2FNO2. The van der Waals surface area contributed by atoms with E-state index in [0.717, 1.165) is 6.07 Å². The lowest BCUT2D eigenvalue weighted by Gasteiger charge is -2.29. The summed E-state index contributed by atoms with van der Waals surface area (Å²) >= 11 is 11.9. The first-order valence-corrected chi connectivity index (χ1v) is 6.81. The monoisotopic (exact) mass is 327 g/mol. The number of hydrogen-bond donors (Lipinski definition) is 2. The average molecular weight is 328 g/mol. The van der Waals surface area contributed by atoms with Gasteiger partial charge in [-0.3, -0.25) is 0 Å². The number of anilines is 1. The molecule has 2 aromatic carbocycles. The summed E-state index contributed by atoms with van der Waals surface area (Å²) in [4.78, 5) is 11.7. The Labute approximate surface area is 131 Å². The first-order valence-electron chi connectivity index (χ1n) is 6.05. The van der Waals surface area contributed by atoms with E-state index < -0.39 is 17.3 Å². The second-order valence-electron chi connectivity index (χ2n) is 4.69. The van der Waals surface area contributed by atoms with Crippen LogP contribution in [0.5, 0.6) is 0 Å². The summed E-state index contributed by atoms with van der Waals surface area (Å²) in [7, 11) is 0. The van der Waals surface area contributed by atoms with E-state index in [1.165, 1.54) is 19.1 Å². The predicted molar refractivity (Wildman–Crippen MR) is 81.5 cm³/mol. The Morgan fingerprint density at radius 2 is 1.95 bits per heavy atom. The Kier molecular flexibility index (Phi) is 4.40. The van der Waals surface area contributed by atoms with E-state index >= 15 is 0 Å². The number of halogens is 3. The van der Waals surface area contributed by atoms with Gasteiger partial charge in [-0.2, -0.15) is 0 Å². The lowest BCUT2D eigenvalue weighted by molar-refractivity contribution is -0.142. The zero-order valence-corrected chi connectivity index (χ0v) is 12.5. The van der Waals surface area contributed by atoms with Crippen LogP contribution in [0.25, 0.3) is 0 Å². The number of benzene rings is 2. The van der Waals surface area contributed by atoms with Crippen molar-refractivity contribution in [3.05, 3.63) is 63.9 Å². The van der Waals surface area contributed by atoms with E-state index in [0.29, 0.717) is 10.7 Å². The Hall–Kier alpha value is -1.78. The zero-order chi connectivity index (χ0) is 15.6. The SMILES string of the molecule is CC(Nc1cccc(Cl)c1)(C(=O)O)c1ccc(F)cc1Cl. The largest absolute Gasteiger partial charge is 0.479 e. The van der Waals surface area contributed by atoms with Gasteiger partial charge in [0.25, 0.3) is 0 Å². The standard InChI is InChI=1S/C15H12Cl2FNO2/c1-15(14(20)21,12-6-5-10(18)8-13(12)17)19-11-4-2-3-9(16)7-11/h2-8,19H,1H3,(H,20,21). The Bertz CT molecular complexity index is 693. The summed E-state index contributed by atoms with van der Waals surface area (Å²) in [5.41, 5.74) is -0.735. The lowest BCUT2D eigenvalue weighted by Crippen LogP contribution is -2.40. The van der Waals surface area contributed by atoms with E-state index in [1.807, 2.05) is 0 Å². The highest BCUT2D eigenvalue weighted by Gasteiger charge is 2.37. The van der Waals surface area contributed by atoms with Crippen molar-refractivity contribution >= 4 is 34.9 Å². The van der Waals surface area contributed by atoms with Crippen LogP contribution in [0.1, 0.15) is 12.5 Å². The van der Waals surface area contributed by atoms with Crippen LogP contribution in [-0.2, 0) is 10.3 Å². The second kappa shape index (κ2) is 5.92. The minimum absolute atomic E-state index is 0.0365. The maximum atomic E-state index is 13.1. The maximum Gasteiger partial charge on any atom is 0.333 e. The number of nitrogens with one attached hydrogen (secondary N) is 1. The van der Waals surface area contributed by atoms with Crippen molar-refractivity contribution in [2.75, 3.05) is 5.32 Å². The number of hydrogen-bond acceptors (Lipinski definition) is 2. The van der Waals surface area contributed by atoms with Crippen molar-refractivity contribution in [3.8, 4) is 0 Å². The van der Waals surface area contributed by atoms with Crippen LogP contribution < -0.4 is 5.32 Å². The second-order valence-corrected chi connectivity index (χ2v) is 5.53. The molecule has 0 aliphatic carbocycles. The summed E-state index contributed by atoms with van der Waals surface area (Å²) in [6, 6.07) is 10.3. The van der Waals surface area contributed by atoms with Crippen molar-refractivity contribution in [1.82, 2.24) is 0 Å². The first kappa shape index (κ1) is 15.6. The molecule has 0 amide bonds. The Morgan fingerprint density at radius 3 is 2.52 bits per heavy atom. The molecule has 0 aromatic heterocycles. The van der Waals surface area contributed by atoms with E-state index in [2.05, 4.69) is 5.32 Å². The molecule has 0 fully saturated rings. The molecule has 2 aromatic rings. The normalized spacial score (nSPS) is 13.5. The number of carboxylic acids is 1. The molecule has 21 heavy (non-hydrogen) atoms. The molecule has 0 aliphatic heterocycles. The summed E-state index contributed by atoms with van der Waals surface area (Å²) in [5.74, 6) is -1.67. The molecule has 6 heteroatoms. The van der Waals surface area contributed by atoms with Crippen LogP contribution >= 0.6 is 23.2 Å². The fourth-order valence-corrected chi connectivity index (χ4v) is 2.53. The average Bonchev–Trinajstić information content (AvgIpc) is 2.38. The highest BCUT2D eigenvalue weighted by molar-refractivity contribution is 6.32. The minimum atomic E-state index is -1.52. The molecule has 1 unspecified atom stereocenters. The molecule has 0 saturated heterocycles. The third-order valence-electron chi connectivity index (χ3n) is 3.12. The van der Waals surface area contributed by atoms with E-state index in [-0.39, 0.29) is 10.6 Å². The third-order valence-corrected chi connectivity index (χ3v) is 3.66. The van der Waals surface area contributed by atoms with Crippen LogP contribution in [0.2, 0.25) is 10.0 Å². The number of rotatable bonds is 4. The zero-order valence-electron chi connectivity index (χ0n) is 11.0. The van der Waals surface area contributed by atoms with Crippen LogP contribution in [0.4, 0.5) is 10.1 Å². The van der Waals surface area contributed by atoms with Gasteiger partial charge in [-0.25, -0.2) is 9.18 Å². The molecule has 3 nitrogen and oxygen atoms in total. The highest BCUT2D eigenvalue weighted by atomic mass is 35.5. The number of carboxylic acid groups (broad SMARTS) is 1. The number of aliphatic carboxylic acids is 1. The van der Waals surface area contributed by atoms with Gasteiger partial charge in [0.1, 0.15) is 5.82 Å². The van der Waals surface area contributed by atoms with Gasteiger partial charge in [-0.1, -0.05) is 35.3 Å². The molecule has 1 atom stereocenters. The van der Waals surface area contributed by atoms with Gasteiger partial charge in [-0.15, -0.1) is 0 Å². The van der Waals surface area contributed by atoms with Crippen molar-refractivity contribution in [3.63, 3.8) is 0 Å². The smallest absolute Gasteiger partial charge is 0.333 e. The maximum absolute atomic E-state index is 13.1. The Morgan fingerprint density at radius 1 is 1.24 bits per heavy atom. The lowest BCUT2D eigenvalue weighted by atomic mass is 9.91. The van der Waals surface area contributed by atoms with Crippen molar-refractivity contribution in [1.29, 1.82) is 0 Å². The molecule has 0 aliphatic rings. The van der Waals surface area contributed by atoms with E-state index in [9.17, 15) is 14.3 Å². The molecule has 0 bridgehead atoms. The fraction of sp³-hybridized carbons (Fsp3) is 0.133. The quantitative estimate of drug-likeness (QED) is 0.866. The highest BCUT2D eigenvalue weighted by Crippen LogP contribution is 2.33. The molecule has 0 radical (unpaired) electrons. The Balaban J connectivity index is 2.48. The van der Waals surface area contributed by atoms with Gasteiger partial charge in [-0.05, 0) is 37.3 Å². The van der Waals surface area contributed by atoms with Gasteiger partial charge < -0.3 is 10.4 Å². The molecule has 110 valence electrons. The number of carbonyl (C=O) groups is 1. The molecule has 2 N–H and O–H groups in total. The van der Waals surface area contributed by atoms with Crippen LogP contribution in [-0.4, -0.2) is 11.1 Å². The summed E-state index contributed by atoms with van der Waals surface area (Å²) < 4.78 is 13.1. The van der Waals surface area contributed by atoms with Crippen molar-refractivity contribution in [2.45, 2.75) is 12.5 Å². The topological polar surface area (TPSA) is 49.3 Å². The molecule has 0 heterocycles. The van der Waals surface area contributed by atoms with Crippen molar-refractivity contribution in [2.24, 2.45) is 0 Å². The van der Waals surface area contributed by atoms with Gasteiger partial charge in [0, 0.05) is 21.3 Å². The van der Waals surface area contributed by atoms with E-state index in [4.69, 9.17) is 23.2 Å². The van der Waals surface area contributed by atoms with Gasteiger partial charge in [0.2, 0.25) is 0 Å². The van der Waals surface area contributed by atoms with Crippen LogP contribution in [0.15, 0.2) is 42.5 Å². The van der Waals surface area contributed by atoms with Crippen LogP contribution in [0.3, 0.4) is 0 Å². The van der Waals surface area contributed by atoms with Crippen molar-refractivity contribution < 1.29 is 14.3 Å². The molecule has 0 spiro atoms. The minimum Gasteiger partial charge on any atom is -0.479 e. The summed E-state index contributed by atoms with van der Waals surface area (Å²) in [6.45, 7) is 1.45. The van der Waals surface area contributed by atoms with Gasteiger partial charge in [0.05, 0.1) is 0 Å². The summed E-state index contributed by atoms with van der Waals surface area (Å²) in [5, 5.41) is 13.0.